The van der Waals surface area contributed by atoms with Crippen molar-refractivity contribution in [2.75, 3.05) is 12.4 Å². The summed E-state index contributed by atoms with van der Waals surface area (Å²) in [5.74, 6) is -3.00. The number of carboxylic acids is 1. The molecule has 3 aromatic carbocycles. The highest BCUT2D eigenvalue weighted by Gasteiger charge is 2.19. The Balaban J connectivity index is 1.99. The average molecular weight is 513 g/mol. The van der Waals surface area contributed by atoms with Crippen LogP contribution < -0.4 is 15.4 Å². The number of hydrogen-bond donors (Lipinski definition) is 3. The molecule has 0 spiro atoms. The van der Waals surface area contributed by atoms with E-state index in [1.54, 1.807) is 30.3 Å². The number of halogens is 2. The topological polar surface area (TPSA) is 105 Å². The van der Waals surface area contributed by atoms with Gasteiger partial charge < -0.3 is 20.5 Å². The number of methoxy groups -OCH3 is 1. The zero-order chi connectivity index (χ0) is 24.0. The monoisotopic (exact) mass is 512 g/mol. The molecule has 33 heavy (non-hydrogen) atoms. The Kier molecular flexibility index (Phi) is 7.57. The Morgan fingerprint density at radius 3 is 2.39 bits per heavy atom. The smallest absolute Gasteiger partial charge is 0.335 e. The summed E-state index contributed by atoms with van der Waals surface area (Å²) < 4.78 is 19.9. The van der Waals surface area contributed by atoms with Gasteiger partial charge in [0.25, 0.3) is 11.8 Å². The van der Waals surface area contributed by atoms with Crippen molar-refractivity contribution in [3.8, 4) is 5.75 Å². The number of nitrogens with one attached hydrogen (secondary N) is 2. The zero-order valence-electron chi connectivity index (χ0n) is 17.3. The largest absolute Gasteiger partial charge is 0.495 e. The van der Waals surface area contributed by atoms with Gasteiger partial charge in [-0.15, -0.1) is 0 Å². The molecule has 0 atom stereocenters. The lowest BCUT2D eigenvalue weighted by molar-refractivity contribution is -0.113. The lowest BCUT2D eigenvalue weighted by Crippen LogP contribution is -2.31. The third-order valence-corrected chi connectivity index (χ3v) is 5.20. The summed E-state index contributed by atoms with van der Waals surface area (Å²) >= 11 is 3.28. The number of benzene rings is 3. The van der Waals surface area contributed by atoms with Gasteiger partial charge in [0.1, 0.15) is 17.3 Å². The van der Waals surface area contributed by atoms with Crippen molar-refractivity contribution in [3.63, 3.8) is 0 Å². The van der Waals surface area contributed by atoms with E-state index in [-0.39, 0.29) is 33.8 Å². The second kappa shape index (κ2) is 10.6. The molecule has 0 aliphatic carbocycles. The van der Waals surface area contributed by atoms with Gasteiger partial charge in [-0.2, -0.15) is 0 Å². The summed E-state index contributed by atoms with van der Waals surface area (Å²) in [4.78, 5) is 37.2. The fourth-order valence-electron chi connectivity index (χ4n) is 2.87. The quantitative estimate of drug-likeness (QED) is 0.398. The van der Waals surface area contributed by atoms with Crippen LogP contribution in [0.4, 0.5) is 10.1 Å². The molecule has 3 aromatic rings. The van der Waals surface area contributed by atoms with Crippen molar-refractivity contribution in [3.05, 3.63) is 99.4 Å². The van der Waals surface area contributed by atoms with Crippen LogP contribution in [0, 0.1) is 5.82 Å². The van der Waals surface area contributed by atoms with Crippen LogP contribution in [0.25, 0.3) is 6.08 Å². The van der Waals surface area contributed by atoms with Crippen molar-refractivity contribution >= 4 is 45.5 Å². The maximum absolute atomic E-state index is 14.2. The zero-order valence-corrected chi connectivity index (χ0v) is 18.9. The van der Waals surface area contributed by atoms with Gasteiger partial charge in [0, 0.05) is 10.0 Å². The summed E-state index contributed by atoms with van der Waals surface area (Å²) in [6.45, 7) is 0. The highest BCUT2D eigenvalue weighted by Crippen LogP contribution is 2.26. The number of aromatic carboxylic acids is 1. The van der Waals surface area contributed by atoms with Gasteiger partial charge >= 0.3 is 5.97 Å². The predicted octanol–water partition coefficient (Wildman–Crippen LogP) is 4.70. The second-order valence-electron chi connectivity index (χ2n) is 6.69. The van der Waals surface area contributed by atoms with Gasteiger partial charge in [-0.25, -0.2) is 9.18 Å². The number of carboxylic acid groups (broad SMARTS) is 1. The first kappa shape index (κ1) is 23.7. The lowest BCUT2D eigenvalue weighted by atomic mass is 10.1. The first-order valence-electron chi connectivity index (χ1n) is 9.55. The molecule has 168 valence electrons. The molecule has 0 heterocycles. The van der Waals surface area contributed by atoms with E-state index in [0.29, 0.717) is 4.47 Å². The molecule has 3 N–H and O–H groups in total. The van der Waals surface area contributed by atoms with Crippen molar-refractivity contribution in [1.82, 2.24) is 5.32 Å². The minimum absolute atomic E-state index is 0.0666. The van der Waals surface area contributed by atoms with E-state index in [4.69, 9.17) is 4.74 Å². The first-order valence-corrected chi connectivity index (χ1v) is 10.3. The minimum Gasteiger partial charge on any atom is -0.495 e. The van der Waals surface area contributed by atoms with E-state index >= 15 is 0 Å². The molecule has 2 amide bonds. The number of anilines is 1. The maximum Gasteiger partial charge on any atom is 0.335 e. The van der Waals surface area contributed by atoms with Crippen LogP contribution in [0.15, 0.2) is 76.9 Å². The van der Waals surface area contributed by atoms with Crippen molar-refractivity contribution < 1.29 is 28.6 Å². The molecule has 0 aromatic heterocycles. The van der Waals surface area contributed by atoms with E-state index in [1.165, 1.54) is 49.6 Å². The highest BCUT2D eigenvalue weighted by atomic mass is 79.9. The van der Waals surface area contributed by atoms with E-state index in [1.807, 2.05) is 0 Å². The Morgan fingerprint density at radius 1 is 1.03 bits per heavy atom. The van der Waals surface area contributed by atoms with E-state index in [0.717, 1.165) is 0 Å². The summed E-state index contributed by atoms with van der Waals surface area (Å²) in [6, 6.07) is 16.3. The molecular formula is C24H18BrFN2O5. The fraction of sp³-hybridized carbons (Fsp3) is 0.0417. The number of hydrogen-bond acceptors (Lipinski definition) is 4. The normalized spacial score (nSPS) is 10.9. The van der Waals surface area contributed by atoms with Crippen LogP contribution in [0.5, 0.6) is 5.75 Å². The maximum atomic E-state index is 14.2. The average Bonchev–Trinajstić information content (AvgIpc) is 2.80. The van der Waals surface area contributed by atoms with Crippen LogP contribution in [0.2, 0.25) is 0 Å². The van der Waals surface area contributed by atoms with Crippen molar-refractivity contribution in [1.29, 1.82) is 0 Å². The molecule has 0 unspecified atom stereocenters. The third-order valence-electron chi connectivity index (χ3n) is 4.51. The molecule has 9 heteroatoms. The number of rotatable bonds is 7. The predicted molar refractivity (Wildman–Crippen MR) is 125 cm³/mol. The van der Waals surface area contributed by atoms with Gasteiger partial charge in [-0.1, -0.05) is 30.3 Å². The SMILES string of the molecule is COc1ccc(C(=O)O)cc1NC(=O)/C(=C\c1ccccc1F)NC(=O)c1ccccc1Br. The van der Waals surface area contributed by atoms with Crippen LogP contribution >= 0.6 is 15.9 Å². The fourth-order valence-corrected chi connectivity index (χ4v) is 3.33. The molecule has 0 bridgehead atoms. The molecule has 0 radical (unpaired) electrons. The van der Waals surface area contributed by atoms with E-state index in [9.17, 15) is 23.9 Å². The van der Waals surface area contributed by atoms with E-state index < -0.39 is 23.6 Å². The summed E-state index contributed by atoms with van der Waals surface area (Å²) in [5, 5.41) is 14.3. The Bertz CT molecular complexity index is 1260. The molecule has 3 rings (SSSR count). The van der Waals surface area contributed by atoms with Gasteiger partial charge in [-0.05, 0) is 58.4 Å². The molecule has 7 nitrogen and oxygen atoms in total. The standard InChI is InChI=1S/C24H18BrFN2O5/c1-33-21-11-10-15(24(31)32)13-19(21)27-23(30)20(12-14-6-2-5-9-18(14)26)28-22(29)16-7-3-4-8-17(16)25/h2-13H,1H3,(H,27,30)(H,28,29)(H,31,32)/b20-12+. The van der Waals surface area contributed by atoms with Gasteiger partial charge in [0.2, 0.25) is 0 Å². The van der Waals surface area contributed by atoms with Crippen LogP contribution in [-0.4, -0.2) is 30.0 Å². The van der Waals surface area contributed by atoms with Crippen LogP contribution in [-0.2, 0) is 4.79 Å². The number of carbonyl (C=O) groups excluding carboxylic acids is 2. The Hall–Kier alpha value is -3.98. The number of carbonyl (C=O) groups is 3. The van der Waals surface area contributed by atoms with E-state index in [2.05, 4.69) is 26.6 Å². The van der Waals surface area contributed by atoms with Gasteiger partial charge in [-0.3, -0.25) is 9.59 Å². The van der Waals surface area contributed by atoms with Crippen molar-refractivity contribution in [2.24, 2.45) is 0 Å². The number of ether oxygens (including phenoxy) is 1. The molecular weight excluding hydrogens is 495 g/mol. The molecule has 0 fully saturated rings. The first-order chi connectivity index (χ1) is 15.8. The lowest BCUT2D eigenvalue weighted by Gasteiger charge is -2.14. The van der Waals surface area contributed by atoms with Crippen molar-refractivity contribution in [2.45, 2.75) is 0 Å². The molecule has 0 saturated carbocycles. The minimum atomic E-state index is -1.20. The molecule has 0 aliphatic heterocycles. The van der Waals surface area contributed by atoms with Crippen LogP contribution in [0.1, 0.15) is 26.3 Å². The molecule has 0 saturated heterocycles. The Morgan fingerprint density at radius 2 is 1.73 bits per heavy atom. The number of amides is 2. The summed E-state index contributed by atoms with van der Waals surface area (Å²) in [7, 11) is 1.36. The highest BCUT2D eigenvalue weighted by molar-refractivity contribution is 9.10. The summed E-state index contributed by atoms with van der Waals surface area (Å²) in [5.41, 5.74) is 0.0557. The third kappa shape index (κ3) is 5.83. The van der Waals surface area contributed by atoms with Gasteiger partial charge in [0.05, 0.1) is 23.9 Å². The molecule has 0 aliphatic rings. The summed E-state index contributed by atoms with van der Waals surface area (Å²) in [6.07, 6.45) is 1.19. The van der Waals surface area contributed by atoms with Crippen LogP contribution in [0.3, 0.4) is 0 Å². The van der Waals surface area contributed by atoms with Gasteiger partial charge in [0.15, 0.2) is 0 Å². The Labute approximate surface area is 197 Å². The second-order valence-corrected chi connectivity index (χ2v) is 7.54.